The lowest BCUT2D eigenvalue weighted by molar-refractivity contribution is 0.295. The lowest BCUT2D eigenvalue weighted by atomic mass is 10.2. The third-order valence-electron chi connectivity index (χ3n) is 1.66. The van der Waals surface area contributed by atoms with Crippen molar-refractivity contribution in [1.82, 2.24) is 0 Å². The van der Waals surface area contributed by atoms with E-state index in [-0.39, 0.29) is 0 Å². The van der Waals surface area contributed by atoms with Crippen molar-refractivity contribution < 1.29 is 13.6 Å². The molecule has 0 radical (unpaired) electrons. The van der Waals surface area contributed by atoms with Gasteiger partial charge in [0.15, 0.2) is 0 Å². The fourth-order valence-electron chi connectivity index (χ4n) is 0.516. The van der Waals surface area contributed by atoms with Gasteiger partial charge in [-0.05, 0) is 17.3 Å². The minimum atomic E-state index is -2.83. The van der Waals surface area contributed by atoms with Crippen molar-refractivity contribution in [3.8, 4) is 0 Å². The smallest absolute Gasteiger partial charge is 0.304 e. The largest absolute Gasteiger partial charge is 0.388 e. The second-order valence-corrected chi connectivity index (χ2v) is 6.95. The molecule has 0 fully saturated rings. The van der Waals surface area contributed by atoms with E-state index in [1.807, 2.05) is 0 Å². The molecule has 0 saturated heterocycles. The molecule has 1 unspecified atom stereocenters. The fourth-order valence-corrected chi connectivity index (χ4v) is 3.49. The van der Waals surface area contributed by atoms with E-state index in [1.165, 1.54) is 25.6 Å². The zero-order valence-electron chi connectivity index (χ0n) is 8.07. The molecular weight excluding hydrogens is 195 g/mol. The van der Waals surface area contributed by atoms with Gasteiger partial charge in [0.05, 0.1) is 0 Å². The van der Waals surface area contributed by atoms with Crippen LogP contribution in [-0.4, -0.2) is 20.0 Å². The quantitative estimate of drug-likeness (QED) is 0.633. The predicted molar refractivity (Wildman–Crippen MR) is 53.5 cm³/mol. The molecule has 0 rings (SSSR count). The van der Waals surface area contributed by atoms with Crippen molar-refractivity contribution in [1.29, 1.82) is 0 Å². The van der Waals surface area contributed by atoms with Crippen molar-refractivity contribution in [2.75, 3.05) is 20.0 Å². The third-order valence-corrected chi connectivity index (χ3v) is 5.88. The average Bonchev–Trinajstić information content (AvgIpc) is 2.13. The van der Waals surface area contributed by atoms with E-state index in [2.05, 4.69) is 13.8 Å². The van der Waals surface area contributed by atoms with Gasteiger partial charge in [0.25, 0.3) is 0 Å². The molecular formula is C7H17O3PS. The highest BCUT2D eigenvalue weighted by Gasteiger charge is 2.22. The first-order valence-corrected chi connectivity index (χ1v) is 7.07. The van der Waals surface area contributed by atoms with Gasteiger partial charge in [-0.2, -0.15) is 0 Å². The normalized spacial score (nSPS) is 14.7. The Labute approximate surface area is 78.5 Å². The summed E-state index contributed by atoms with van der Waals surface area (Å²) in [5.74, 6) is 1.36. The molecule has 0 bridgehead atoms. The van der Waals surface area contributed by atoms with Gasteiger partial charge in [0, 0.05) is 20.0 Å². The first-order chi connectivity index (χ1) is 5.58. The molecule has 0 aromatic carbocycles. The van der Waals surface area contributed by atoms with Gasteiger partial charge < -0.3 is 9.05 Å². The zero-order valence-corrected chi connectivity index (χ0v) is 9.78. The van der Waals surface area contributed by atoms with Crippen molar-refractivity contribution in [3.63, 3.8) is 0 Å². The first kappa shape index (κ1) is 12.5. The topological polar surface area (TPSA) is 35.5 Å². The van der Waals surface area contributed by atoms with E-state index in [0.717, 1.165) is 12.2 Å². The highest BCUT2D eigenvalue weighted by atomic mass is 32.7. The van der Waals surface area contributed by atoms with Crippen LogP contribution in [0, 0.1) is 5.92 Å². The highest BCUT2D eigenvalue weighted by Crippen LogP contribution is 2.59. The van der Waals surface area contributed by atoms with Crippen LogP contribution in [0.15, 0.2) is 0 Å². The van der Waals surface area contributed by atoms with E-state index in [1.54, 1.807) is 0 Å². The summed E-state index contributed by atoms with van der Waals surface area (Å²) in [7, 11) is 2.82. The number of hydrogen-bond acceptors (Lipinski definition) is 4. The maximum Gasteiger partial charge on any atom is 0.388 e. The summed E-state index contributed by atoms with van der Waals surface area (Å²) in [4.78, 5) is 0. The van der Waals surface area contributed by atoms with Crippen molar-refractivity contribution in [3.05, 3.63) is 0 Å². The van der Waals surface area contributed by atoms with Gasteiger partial charge in [-0.25, -0.2) is 4.57 Å². The summed E-state index contributed by atoms with van der Waals surface area (Å²) in [6.07, 6.45) is 1.08. The van der Waals surface area contributed by atoms with E-state index in [4.69, 9.17) is 9.05 Å². The van der Waals surface area contributed by atoms with Crippen LogP contribution in [0.25, 0.3) is 0 Å². The molecule has 0 amide bonds. The lowest BCUT2D eigenvalue weighted by Gasteiger charge is -2.14. The Balaban J connectivity index is 3.81. The van der Waals surface area contributed by atoms with Gasteiger partial charge >= 0.3 is 6.80 Å². The number of rotatable bonds is 6. The minimum absolute atomic E-state index is 0.550. The van der Waals surface area contributed by atoms with Crippen LogP contribution < -0.4 is 0 Å². The van der Waals surface area contributed by atoms with Crippen molar-refractivity contribution in [2.24, 2.45) is 5.92 Å². The average molecular weight is 212 g/mol. The van der Waals surface area contributed by atoms with Crippen molar-refractivity contribution >= 4 is 18.2 Å². The Bertz CT molecular complexity index is 155. The molecule has 74 valence electrons. The summed E-state index contributed by atoms with van der Waals surface area (Å²) in [5, 5.41) is 0. The molecule has 0 aromatic heterocycles. The second kappa shape index (κ2) is 6.03. The van der Waals surface area contributed by atoms with Crippen LogP contribution in [0.2, 0.25) is 0 Å². The second-order valence-electron chi connectivity index (χ2n) is 2.62. The molecule has 0 heterocycles. The Hall–Kier alpha value is 0.500. The molecule has 0 spiro atoms. The molecule has 0 aromatic rings. The molecule has 0 aliphatic carbocycles. The molecule has 5 heteroatoms. The number of hydrogen-bond donors (Lipinski definition) is 0. The van der Waals surface area contributed by atoms with Crippen LogP contribution >= 0.6 is 18.2 Å². The van der Waals surface area contributed by atoms with Crippen LogP contribution in [0.3, 0.4) is 0 Å². The first-order valence-electron chi connectivity index (χ1n) is 3.94. The molecule has 0 aliphatic heterocycles. The van der Waals surface area contributed by atoms with Gasteiger partial charge in [0.1, 0.15) is 0 Å². The fraction of sp³-hybridized carbons (Fsp3) is 1.00. The minimum Gasteiger partial charge on any atom is -0.304 e. The van der Waals surface area contributed by atoms with Crippen LogP contribution in [0.1, 0.15) is 20.3 Å². The predicted octanol–water partition coefficient (Wildman–Crippen LogP) is 3.17. The Morgan fingerprint density at radius 2 is 1.92 bits per heavy atom. The summed E-state index contributed by atoms with van der Waals surface area (Å²) >= 11 is 1.27. The molecule has 0 N–H and O–H groups in total. The maximum atomic E-state index is 11.5. The Kier molecular flexibility index (Phi) is 6.28. The Morgan fingerprint density at radius 1 is 1.42 bits per heavy atom. The van der Waals surface area contributed by atoms with Crippen LogP contribution in [0.4, 0.5) is 0 Å². The standard InChI is InChI=1S/C7H17O3PS/c1-5-7(2)6-12-11(8,9-3)10-4/h7H,5-6H2,1-4H3. The SMILES string of the molecule is CCC(C)CSP(=O)(OC)OC. The van der Waals surface area contributed by atoms with Crippen molar-refractivity contribution in [2.45, 2.75) is 20.3 Å². The zero-order chi connectivity index (χ0) is 9.61. The van der Waals surface area contributed by atoms with E-state index in [9.17, 15) is 4.57 Å². The highest BCUT2D eigenvalue weighted by molar-refractivity contribution is 8.55. The van der Waals surface area contributed by atoms with Gasteiger partial charge in [-0.1, -0.05) is 20.3 Å². The van der Waals surface area contributed by atoms with E-state index in [0.29, 0.717) is 5.92 Å². The Morgan fingerprint density at radius 3 is 2.25 bits per heavy atom. The monoisotopic (exact) mass is 212 g/mol. The third kappa shape index (κ3) is 4.51. The van der Waals surface area contributed by atoms with E-state index < -0.39 is 6.80 Å². The molecule has 0 aliphatic rings. The van der Waals surface area contributed by atoms with Gasteiger partial charge in [-0.15, -0.1) is 0 Å². The molecule has 12 heavy (non-hydrogen) atoms. The summed E-state index contributed by atoms with van der Waals surface area (Å²) in [6.45, 7) is 1.39. The molecule has 1 atom stereocenters. The summed E-state index contributed by atoms with van der Waals surface area (Å²) in [6, 6.07) is 0. The van der Waals surface area contributed by atoms with Crippen LogP contribution in [-0.2, 0) is 13.6 Å². The maximum absolute atomic E-state index is 11.5. The van der Waals surface area contributed by atoms with Crippen LogP contribution in [0.5, 0.6) is 0 Å². The van der Waals surface area contributed by atoms with Gasteiger partial charge in [-0.3, -0.25) is 0 Å². The summed E-state index contributed by atoms with van der Waals surface area (Å²) < 4.78 is 21.0. The van der Waals surface area contributed by atoms with Gasteiger partial charge in [0.2, 0.25) is 0 Å². The van der Waals surface area contributed by atoms with E-state index >= 15 is 0 Å². The molecule has 3 nitrogen and oxygen atoms in total. The lowest BCUT2D eigenvalue weighted by Crippen LogP contribution is -1.96. The molecule has 0 saturated carbocycles. The summed E-state index contributed by atoms with van der Waals surface area (Å²) in [5.41, 5.74) is 0.